The highest BCUT2D eigenvalue weighted by Crippen LogP contribution is 2.36. The molecule has 1 aliphatic carbocycles. The molecule has 1 aromatic carbocycles. The fraction of sp³-hybridized carbons (Fsp3) is 0.462. The van der Waals surface area contributed by atoms with Gasteiger partial charge in [0.15, 0.2) is 0 Å². The van der Waals surface area contributed by atoms with Gasteiger partial charge in [0.25, 0.3) is 0 Å². The van der Waals surface area contributed by atoms with Gasteiger partial charge in [-0.1, -0.05) is 18.9 Å². The Morgan fingerprint density at radius 3 is 2.94 bits per heavy atom. The zero-order valence-electron chi connectivity index (χ0n) is 9.65. The van der Waals surface area contributed by atoms with Crippen LogP contribution in [0.2, 0.25) is 0 Å². The average molecular weight is 248 g/mol. The summed E-state index contributed by atoms with van der Waals surface area (Å²) in [6, 6.07) is 6.14. The summed E-state index contributed by atoms with van der Waals surface area (Å²) in [6.07, 6.45) is 4.26. The van der Waals surface area contributed by atoms with Crippen LogP contribution in [-0.2, 0) is 11.2 Å². The first-order valence-corrected chi connectivity index (χ1v) is 6.59. The highest BCUT2D eigenvalue weighted by molar-refractivity contribution is 7.81. The SMILES string of the molecule is O=C(C1CC1)N1CCCc2ccc(NS)cc21. The first-order valence-electron chi connectivity index (χ1n) is 6.14. The zero-order chi connectivity index (χ0) is 11.8. The maximum Gasteiger partial charge on any atom is 0.230 e. The van der Waals surface area contributed by atoms with E-state index in [2.05, 4.69) is 23.6 Å². The van der Waals surface area contributed by atoms with Crippen molar-refractivity contribution in [2.24, 2.45) is 5.92 Å². The normalized spacial score (nSPS) is 18.8. The second-order valence-corrected chi connectivity index (χ2v) is 5.05. The van der Waals surface area contributed by atoms with Crippen molar-refractivity contribution in [3.8, 4) is 0 Å². The Balaban J connectivity index is 1.96. The summed E-state index contributed by atoms with van der Waals surface area (Å²) in [5.41, 5.74) is 3.30. The van der Waals surface area contributed by atoms with Gasteiger partial charge in [0.2, 0.25) is 5.91 Å². The van der Waals surface area contributed by atoms with Gasteiger partial charge in [0.1, 0.15) is 0 Å². The van der Waals surface area contributed by atoms with Gasteiger partial charge in [0.05, 0.1) is 0 Å². The number of nitrogens with one attached hydrogen (secondary N) is 1. The Labute approximate surface area is 107 Å². The van der Waals surface area contributed by atoms with Crippen molar-refractivity contribution < 1.29 is 4.79 Å². The lowest BCUT2D eigenvalue weighted by Gasteiger charge is -2.30. The molecule has 0 unspecified atom stereocenters. The third-order valence-corrected chi connectivity index (χ3v) is 3.78. The lowest BCUT2D eigenvalue weighted by atomic mass is 10.0. The van der Waals surface area contributed by atoms with Crippen LogP contribution in [0.1, 0.15) is 24.8 Å². The molecule has 1 aliphatic heterocycles. The van der Waals surface area contributed by atoms with Crippen molar-refractivity contribution in [1.82, 2.24) is 0 Å². The molecule has 0 atom stereocenters. The van der Waals surface area contributed by atoms with E-state index in [0.29, 0.717) is 5.91 Å². The molecule has 90 valence electrons. The molecule has 1 amide bonds. The lowest BCUT2D eigenvalue weighted by molar-refractivity contribution is -0.119. The standard InChI is InChI=1S/C13H16N2OS/c16-13(10-3-4-10)15-7-1-2-9-5-6-11(14-17)8-12(9)15/h5-6,8,10,14,17H,1-4,7H2. The predicted molar refractivity (Wildman–Crippen MR) is 72.4 cm³/mol. The van der Waals surface area contributed by atoms with Crippen molar-refractivity contribution >= 4 is 30.1 Å². The first kappa shape index (κ1) is 11.0. The summed E-state index contributed by atoms with van der Waals surface area (Å²) in [7, 11) is 0. The highest BCUT2D eigenvalue weighted by atomic mass is 32.1. The molecular formula is C13H16N2OS. The molecule has 1 aromatic rings. The minimum Gasteiger partial charge on any atom is -0.332 e. The topological polar surface area (TPSA) is 32.3 Å². The van der Waals surface area contributed by atoms with E-state index in [1.165, 1.54) is 5.56 Å². The molecule has 1 N–H and O–H groups in total. The highest BCUT2D eigenvalue weighted by Gasteiger charge is 2.35. The molecule has 0 aromatic heterocycles. The maximum absolute atomic E-state index is 12.2. The number of anilines is 2. The van der Waals surface area contributed by atoms with E-state index in [1.54, 1.807) is 0 Å². The summed E-state index contributed by atoms with van der Waals surface area (Å²) in [5, 5.41) is 0. The van der Waals surface area contributed by atoms with E-state index >= 15 is 0 Å². The number of fused-ring (bicyclic) bond motifs is 1. The second kappa shape index (κ2) is 4.26. The average Bonchev–Trinajstić information content (AvgIpc) is 3.21. The molecule has 3 nitrogen and oxygen atoms in total. The largest absolute Gasteiger partial charge is 0.332 e. The van der Waals surface area contributed by atoms with E-state index in [0.717, 1.165) is 43.6 Å². The van der Waals surface area contributed by atoms with E-state index in [1.807, 2.05) is 17.0 Å². The molecule has 17 heavy (non-hydrogen) atoms. The number of nitrogens with zero attached hydrogens (tertiary/aromatic N) is 1. The van der Waals surface area contributed by atoms with Crippen molar-refractivity contribution in [1.29, 1.82) is 0 Å². The number of thiol groups is 1. The lowest BCUT2D eigenvalue weighted by Crippen LogP contribution is -2.36. The third-order valence-electron chi connectivity index (χ3n) is 3.53. The minimum atomic E-state index is 0.286. The summed E-state index contributed by atoms with van der Waals surface area (Å²) >= 11 is 4.06. The van der Waals surface area contributed by atoms with Crippen LogP contribution in [0.3, 0.4) is 0 Å². The summed E-state index contributed by atoms with van der Waals surface area (Å²) in [5.74, 6) is 0.593. The van der Waals surface area contributed by atoms with Crippen LogP contribution >= 0.6 is 12.8 Å². The van der Waals surface area contributed by atoms with Gasteiger partial charge >= 0.3 is 0 Å². The number of hydrogen-bond acceptors (Lipinski definition) is 3. The van der Waals surface area contributed by atoms with Crippen LogP contribution in [0.5, 0.6) is 0 Å². The van der Waals surface area contributed by atoms with Gasteiger partial charge in [0, 0.05) is 23.8 Å². The molecule has 4 heteroatoms. The third kappa shape index (κ3) is 2.02. The smallest absolute Gasteiger partial charge is 0.230 e. The van der Waals surface area contributed by atoms with Gasteiger partial charge in [-0.25, -0.2) is 0 Å². The van der Waals surface area contributed by atoms with Crippen molar-refractivity contribution in [3.63, 3.8) is 0 Å². The Hall–Kier alpha value is -1.16. The van der Waals surface area contributed by atoms with Gasteiger partial charge in [-0.2, -0.15) is 0 Å². The number of amides is 1. The van der Waals surface area contributed by atoms with Gasteiger partial charge in [-0.3, -0.25) is 4.79 Å². The number of benzene rings is 1. The van der Waals surface area contributed by atoms with Crippen LogP contribution < -0.4 is 9.62 Å². The summed E-state index contributed by atoms with van der Waals surface area (Å²) < 4.78 is 2.84. The van der Waals surface area contributed by atoms with Gasteiger partial charge < -0.3 is 9.62 Å². The number of aryl methyl sites for hydroxylation is 1. The summed E-state index contributed by atoms with van der Waals surface area (Å²) in [4.78, 5) is 14.2. The summed E-state index contributed by atoms with van der Waals surface area (Å²) in [6.45, 7) is 0.859. The molecule has 1 fully saturated rings. The van der Waals surface area contributed by atoms with Crippen LogP contribution in [0.25, 0.3) is 0 Å². The van der Waals surface area contributed by atoms with E-state index in [9.17, 15) is 4.79 Å². The van der Waals surface area contributed by atoms with Crippen LogP contribution in [-0.4, -0.2) is 12.5 Å². The molecular weight excluding hydrogens is 232 g/mol. The Kier molecular flexibility index (Phi) is 2.74. The molecule has 0 radical (unpaired) electrons. The molecule has 0 spiro atoms. The molecule has 1 heterocycles. The molecule has 2 aliphatic rings. The number of hydrogen-bond donors (Lipinski definition) is 2. The Morgan fingerprint density at radius 1 is 1.41 bits per heavy atom. The monoisotopic (exact) mass is 248 g/mol. The molecule has 0 bridgehead atoms. The van der Waals surface area contributed by atoms with Crippen molar-refractivity contribution in [2.45, 2.75) is 25.7 Å². The quantitative estimate of drug-likeness (QED) is 0.789. The minimum absolute atomic E-state index is 0.286. The van der Waals surface area contributed by atoms with Gasteiger partial charge in [-0.15, -0.1) is 0 Å². The van der Waals surface area contributed by atoms with Crippen LogP contribution in [0.4, 0.5) is 11.4 Å². The van der Waals surface area contributed by atoms with E-state index in [-0.39, 0.29) is 5.92 Å². The number of carbonyl (C=O) groups excluding carboxylic acids is 1. The van der Waals surface area contributed by atoms with Crippen molar-refractivity contribution in [2.75, 3.05) is 16.2 Å². The van der Waals surface area contributed by atoms with Crippen molar-refractivity contribution in [3.05, 3.63) is 23.8 Å². The van der Waals surface area contributed by atoms with Gasteiger partial charge in [-0.05, 0) is 43.4 Å². The van der Waals surface area contributed by atoms with E-state index in [4.69, 9.17) is 0 Å². The number of rotatable bonds is 2. The fourth-order valence-corrected chi connectivity index (χ4v) is 2.56. The first-order chi connectivity index (χ1) is 8.29. The second-order valence-electron chi connectivity index (χ2n) is 4.82. The maximum atomic E-state index is 12.2. The fourth-order valence-electron chi connectivity index (χ4n) is 2.42. The van der Waals surface area contributed by atoms with Crippen LogP contribution in [0, 0.1) is 5.92 Å². The Bertz CT molecular complexity index is 457. The molecule has 0 saturated heterocycles. The molecule has 3 rings (SSSR count). The van der Waals surface area contributed by atoms with E-state index < -0.39 is 0 Å². The number of carbonyl (C=O) groups is 1. The Morgan fingerprint density at radius 2 is 2.24 bits per heavy atom. The zero-order valence-corrected chi connectivity index (χ0v) is 10.5. The predicted octanol–water partition coefficient (Wildman–Crippen LogP) is 2.63. The molecule has 1 saturated carbocycles. The van der Waals surface area contributed by atoms with Crippen LogP contribution in [0.15, 0.2) is 18.2 Å².